The van der Waals surface area contributed by atoms with Gasteiger partial charge in [-0.05, 0) is 25.3 Å². The molecule has 1 aromatic heterocycles. The van der Waals surface area contributed by atoms with Gasteiger partial charge in [0.25, 0.3) is 0 Å². The van der Waals surface area contributed by atoms with Crippen LogP contribution in [0.4, 0.5) is 0 Å². The lowest BCUT2D eigenvalue weighted by Crippen LogP contribution is -2.58. The van der Waals surface area contributed by atoms with Gasteiger partial charge in [-0.3, -0.25) is 9.59 Å². The molecule has 1 aliphatic rings. The van der Waals surface area contributed by atoms with Crippen LogP contribution >= 0.6 is 0 Å². The first-order valence-corrected chi connectivity index (χ1v) is 8.65. The second kappa shape index (κ2) is 7.51. The maximum absolute atomic E-state index is 12.6. The van der Waals surface area contributed by atoms with E-state index in [2.05, 4.69) is 5.16 Å². The van der Waals surface area contributed by atoms with E-state index in [-0.39, 0.29) is 24.9 Å². The molecule has 0 spiro atoms. The van der Waals surface area contributed by atoms with E-state index in [1.54, 1.807) is 16.7 Å². The van der Waals surface area contributed by atoms with Crippen molar-refractivity contribution in [1.29, 1.82) is 0 Å². The summed E-state index contributed by atoms with van der Waals surface area (Å²) in [6, 6.07) is 11.3. The van der Waals surface area contributed by atoms with Crippen LogP contribution in [0.2, 0.25) is 0 Å². The number of carbonyl (C=O) groups is 2. The maximum atomic E-state index is 12.6. The Bertz CT molecular complexity index is 741. The fourth-order valence-electron chi connectivity index (χ4n) is 3.03. The van der Waals surface area contributed by atoms with E-state index in [4.69, 9.17) is 4.52 Å². The molecule has 1 aromatic carbocycles. The number of carbonyl (C=O) groups excluding carboxylic acids is 2. The highest BCUT2D eigenvalue weighted by Crippen LogP contribution is 2.17. The van der Waals surface area contributed by atoms with Crippen molar-refractivity contribution in [3.05, 3.63) is 53.4 Å². The summed E-state index contributed by atoms with van der Waals surface area (Å²) in [5.74, 6) is 0.531. The molecule has 3 rings (SSSR count). The zero-order valence-corrected chi connectivity index (χ0v) is 14.6. The number of piperazine rings is 1. The number of rotatable bonds is 6. The molecule has 0 bridgehead atoms. The first-order valence-electron chi connectivity index (χ1n) is 8.65. The summed E-state index contributed by atoms with van der Waals surface area (Å²) in [5, 5.41) is 3.94. The van der Waals surface area contributed by atoms with Crippen LogP contribution in [0.15, 0.2) is 40.9 Å². The van der Waals surface area contributed by atoms with Crippen LogP contribution < -0.4 is 0 Å². The minimum atomic E-state index is -0.493. The molecular formula is C19H23N3O3. The minimum Gasteiger partial charge on any atom is -0.359 e. The molecule has 0 radical (unpaired) electrons. The number of hydrogen-bond acceptors (Lipinski definition) is 4. The van der Waals surface area contributed by atoms with E-state index in [1.165, 1.54) is 0 Å². The SMILES string of the molecule is CCc1cc(CN2C(=O)CN(CCc3ccccc3)C(=O)[C@H]2C)on1. The second-order valence-electron chi connectivity index (χ2n) is 6.33. The van der Waals surface area contributed by atoms with E-state index < -0.39 is 6.04 Å². The lowest BCUT2D eigenvalue weighted by molar-refractivity contribution is -0.155. The normalized spacial score (nSPS) is 18.1. The molecule has 0 N–H and O–H groups in total. The average molecular weight is 341 g/mol. The third-order valence-electron chi connectivity index (χ3n) is 4.59. The zero-order valence-electron chi connectivity index (χ0n) is 14.6. The Morgan fingerprint density at radius 1 is 1.24 bits per heavy atom. The summed E-state index contributed by atoms with van der Waals surface area (Å²) >= 11 is 0. The van der Waals surface area contributed by atoms with Crippen molar-refractivity contribution in [3.8, 4) is 0 Å². The highest BCUT2D eigenvalue weighted by atomic mass is 16.5. The fourth-order valence-corrected chi connectivity index (χ4v) is 3.03. The summed E-state index contributed by atoms with van der Waals surface area (Å²) in [5.41, 5.74) is 2.01. The third kappa shape index (κ3) is 3.90. The van der Waals surface area contributed by atoms with E-state index >= 15 is 0 Å². The van der Waals surface area contributed by atoms with Crippen molar-refractivity contribution in [2.75, 3.05) is 13.1 Å². The first kappa shape index (κ1) is 17.2. The van der Waals surface area contributed by atoms with Crippen molar-refractivity contribution in [1.82, 2.24) is 15.0 Å². The van der Waals surface area contributed by atoms with Crippen LogP contribution in [0, 0.1) is 0 Å². The van der Waals surface area contributed by atoms with Crippen LogP contribution in [-0.2, 0) is 29.0 Å². The van der Waals surface area contributed by atoms with Gasteiger partial charge in [0.15, 0.2) is 5.76 Å². The number of aryl methyl sites for hydroxylation is 1. The van der Waals surface area contributed by atoms with Gasteiger partial charge in [0, 0.05) is 12.6 Å². The molecule has 1 aliphatic heterocycles. The Hall–Kier alpha value is -2.63. The monoisotopic (exact) mass is 341 g/mol. The Kier molecular flexibility index (Phi) is 5.16. The molecule has 1 fully saturated rings. The van der Waals surface area contributed by atoms with Gasteiger partial charge >= 0.3 is 0 Å². The summed E-state index contributed by atoms with van der Waals surface area (Å²) in [7, 11) is 0. The quantitative estimate of drug-likeness (QED) is 0.806. The molecule has 0 aliphatic carbocycles. The summed E-state index contributed by atoms with van der Waals surface area (Å²) in [6.07, 6.45) is 1.52. The third-order valence-corrected chi connectivity index (χ3v) is 4.59. The molecule has 2 heterocycles. The number of hydrogen-bond donors (Lipinski definition) is 0. The number of nitrogens with zero attached hydrogens (tertiary/aromatic N) is 3. The van der Waals surface area contributed by atoms with Gasteiger partial charge in [-0.25, -0.2) is 0 Å². The van der Waals surface area contributed by atoms with Crippen LogP contribution in [0.1, 0.15) is 30.9 Å². The second-order valence-corrected chi connectivity index (χ2v) is 6.33. The molecular weight excluding hydrogens is 318 g/mol. The smallest absolute Gasteiger partial charge is 0.245 e. The Balaban J connectivity index is 1.62. The maximum Gasteiger partial charge on any atom is 0.245 e. The van der Waals surface area contributed by atoms with E-state index in [0.29, 0.717) is 12.3 Å². The fraction of sp³-hybridized carbons (Fsp3) is 0.421. The van der Waals surface area contributed by atoms with Gasteiger partial charge in [0.1, 0.15) is 6.04 Å². The lowest BCUT2D eigenvalue weighted by Gasteiger charge is -2.38. The van der Waals surface area contributed by atoms with Crippen molar-refractivity contribution in [2.24, 2.45) is 0 Å². The van der Waals surface area contributed by atoms with Gasteiger partial charge in [-0.2, -0.15) is 0 Å². The standard InChI is InChI=1S/C19H23N3O3/c1-3-16-11-17(25-20-16)12-22-14(2)19(24)21(13-18(22)23)10-9-15-7-5-4-6-8-15/h4-8,11,14H,3,9-10,12-13H2,1-2H3/t14-/m1/s1. The molecule has 1 saturated heterocycles. The predicted octanol–water partition coefficient (Wildman–Crippen LogP) is 2.04. The summed E-state index contributed by atoms with van der Waals surface area (Å²) in [4.78, 5) is 28.4. The van der Waals surface area contributed by atoms with Crippen molar-refractivity contribution >= 4 is 11.8 Å². The van der Waals surface area contributed by atoms with Crippen LogP contribution in [0.3, 0.4) is 0 Å². The molecule has 132 valence electrons. The zero-order chi connectivity index (χ0) is 17.8. The topological polar surface area (TPSA) is 66.7 Å². The van der Waals surface area contributed by atoms with Crippen molar-refractivity contribution in [2.45, 2.75) is 39.3 Å². The summed E-state index contributed by atoms with van der Waals surface area (Å²) in [6.45, 7) is 4.71. The Morgan fingerprint density at radius 2 is 2.00 bits per heavy atom. The molecule has 0 saturated carbocycles. The number of benzene rings is 1. The molecule has 1 atom stereocenters. The van der Waals surface area contributed by atoms with Gasteiger partial charge < -0.3 is 14.3 Å². The van der Waals surface area contributed by atoms with Crippen molar-refractivity contribution < 1.29 is 14.1 Å². The Morgan fingerprint density at radius 3 is 2.68 bits per heavy atom. The molecule has 2 aromatic rings. The van der Waals surface area contributed by atoms with Crippen LogP contribution in [0.25, 0.3) is 0 Å². The average Bonchev–Trinajstić information content (AvgIpc) is 3.09. The number of amides is 2. The van der Waals surface area contributed by atoms with Gasteiger partial charge in [-0.1, -0.05) is 42.4 Å². The highest BCUT2D eigenvalue weighted by Gasteiger charge is 2.36. The number of aromatic nitrogens is 1. The van der Waals surface area contributed by atoms with Gasteiger partial charge in [0.05, 0.1) is 18.8 Å². The highest BCUT2D eigenvalue weighted by molar-refractivity contribution is 5.94. The molecule has 25 heavy (non-hydrogen) atoms. The molecule has 6 heteroatoms. The predicted molar refractivity (Wildman–Crippen MR) is 92.6 cm³/mol. The molecule has 6 nitrogen and oxygen atoms in total. The largest absolute Gasteiger partial charge is 0.359 e. The lowest BCUT2D eigenvalue weighted by atomic mass is 10.1. The van der Waals surface area contributed by atoms with E-state index in [0.717, 1.165) is 24.1 Å². The van der Waals surface area contributed by atoms with E-state index in [9.17, 15) is 9.59 Å². The van der Waals surface area contributed by atoms with Gasteiger partial charge in [-0.15, -0.1) is 0 Å². The minimum absolute atomic E-state index is 0.0224. The van der Waals surface area contributed by atoms with Crippen molar-refractivity contribution in [3.63, 3.8) is 0 Å². The first-order chi connectivity index (χ1) is 12.1. The Labute approximate surface area is 147 Å². The van der Waals surface area contributed by atoms with Gasteiger partial charge in [0.2, 0.25) is 11.8 Å². The summed E-state index contributed by atoms with van der Waals surface area (Å²) < 4.78 is 5.25. The molecule has 0 unspecified atom stereocenters. The molecule has 2 amide bonds. The van der Waals surface area contributed by atoms with Crippen LogP contribution in [-0.4, -0.2) is 45.9 Å². The van der Waals surface area contributed by atoms with E-state index in [1.807, 2.05) is 43.3 Å². The van der Waals surface area contributed by atoms with Crippen LogP contribution in [0.5, 0.6) is 0 Å².